The van der Waals surface area contributed by atoms with E-state index in [9.17, 15) is 5.11 Å². The largest absolute Gasteiger partial charge is 0.390 e. The lowest BCUT2D eigenvalue weighted by Crippen LogP contribution is -2.34. The molecule has 2 aromatic heterocycles. The second kappa shape index (κ2) is 5.23. The molecule has 0 amide bonds. The second-order valence-corrected chi connectivity index (χ2v) is 5.91. The zero-order chi connectivity index (χ0) is 15.1. The van der Waals surface area contributed by atoms with Crippen LogP contribution in [-0.4, -0.2) is 36.5 Å². The lowest BCUT2D eigenvalue weighted by atomic mass is 10.1. The van der Waals surface area contributed by atoms with E-state index in [4.69, 9.17) is 0 Å². The molecule has 22 heavy (non-hydrogen) atoms. The third-order valence-corrected chi connectivity index (χ3v) is 4.40. The van der Waals surface area contributed by atoms with Crippen molar-refractivity contribution < 1.29 is 5.11 Å². The van der Waals surface area contributed by atoms with Gasteiger partial charge in [-0.25, -0.2) is 4.68 Å². The molecule has 114 valence electrons. The van der Waals surface area contributed by atoms with Gasteiger partial charge in [0, 0.05) is 36.2 Å². The molecule has 3 heterocycles. The minimum Gasteiger partial charge on any atom is -0.390 e. The molecule has 0 saturated heterocycles. The number of hydrogen-bond acceptors (Lipinski definition) is 4. The van der Waals surface area contributed by atoms with Gasteiger partial charge in [0.15, 0.2) is 0 Å². The molecule has 0 unspecified atom stereocenters. The Bertz CT molecular complexity index is 806. The number of aliphatic hydroxyl groups excluding tert-OH is 1. The van der Waals surface area contributed by atoms with Gasteiger partial charge in [0.05, 0.1) is 18.8 Å². The van der Waals surface area contributed by atoms with Crippen LogP contribution in [0.15, 0.2) is 24.3 Å². The van der Waals surface area contributed by atoms with Crippen molar-refractivity contribution in [3.05, 3.63) is 46.9 Å². The molecule has 0 saturated carbocycles. The summed E-state index contributed by atoms with van der Waals surface area (Å²) in [5, 5.41) is 18.8. The summed E-state index contributed by atoms with van der Waals surface area (Å²) in [6.07, 6.45) is 0. The lowest BCUT2D eigenvalue weighted by molar-refractivity contribution is 0.199. The molecule has 1 aliphatic rings. The Morgan fingerprint density at radius 1 is 1.32 bits per heavy atom. The van der Waals surface area contributed by atoms with Crippen LogP contribution >= 0.6 is 0 Å². The van der Waals surface area contributed by atoms with E-state index in [1.807, 2.05) is 4.68 Å². The van der Waals surface area contributed by atoms with Gasteiger partial charge < -0.3 is 10.1 Å². The molecule has 0 atom stereocenters. The van der Waals surface area contributed by atoms with Crippen molar-refractivity contribution in [3.8, 4) is 0 Å². The van der Waals surface area contributed by atoms with Crippen LogP contribution in [0.4, 0.5) is 0 Å². The maximum Gasteiger partial charge on any atom is 0.113 e. The van der Waals surface area contributed by atoms with Gasteiger partial charge in [0.2, 0.25) is 0 Å². The van der Waals surface area contributed by atoms with Crippen LogP contribution in [0, 0.1) is 6.92 Å². The first kappa shape index (κ1) is 13.5. The average Bonchev–Trinajstić information content (AvgIpc) is 3.11. The highest BCUT2D eigenvalue weighted by atomic mass is 16.3. The summed E-state index contributed by atoms with van der Waals surface area (Å²) in [5.74, 6) is 0. The minimum absolute atomic E-state index is 0.0469. The topological polar surface area (TPSA) is 70.0 Å². The number of fused-ring (bicyclic) bond motifs is 2. The van der Waals surface area contributed by atoms with Gasteiger partial charge in [-0.3, -0.25) is 4.90 Å². The van der Waals surface area contributed by atoms with Crippen LogP contribution in [-0.2, 0) is 26.2 Å². The molecular weight excluding hydrogens is 278 g/mol. The Morgan fingerprint density at radius 2 is 2.23 bits per heavy atom. The van der Waals surface area contributed by atoms with Gasteiger partial charge in [-0.05, 0) is 24.6 Å². The third kappa shape index (κ3) is 2.20. The number of aliphatic hydroxyl groups is 1. The summed E-state index contributed by atoms with van der Waals surface area (Å²) in [4.78, 5) is 5.86. The number of rotatable bonds is 3. The van der Waals surface area contributed by atoms with Crippen LogP contribution in [0.3, 0.4) is 0 Å². The molecule has 0 bridgehead atoms. The molecule has 2 N–H and O–H groups in total. The maximum atomic E-state index is 9.34. The fourth-order valence-corrected chi connectivity index (χ4v) is 3.20. The van der Waals surface area contributed by atoms with Crippen LogP contribution < -0.4 is 0 Å². The Hall–Kier alpha value is -2.18. The van der Waals surface area contributed by atoms with Gasteiger partial charge in [0.1, 0.15) is 5.69 Å². The quantitative estimate of drug-likeness (QED) is 0.770. The number of aryl methyl sites for hydroxylation is 1. The molecule has 6 heteroatoms. The Morgan fingerprint density at radius 3 is 3.05 bits per heavy atom. The number of aromatic nitrogens is 4. The predicted molar refractivity (Wildman–Crippen MR) is 83.1 cm³/mol. The summed E-state index contributed by atoms with van der Waals surface area (Å²) >= 11 is 0. The van der Waals surface area contributed by atoms with Crippen molar-refractivity contribution in [1.82, 2.24) is 24.9 Å². The molecular formula is C16H19N5O. The molecule has 1 aromatic carbocycles. The first-order valence-corrected chi connectivity index (χ1v) is 7.56. The number of aromatic amines is 1. The van der Waals surface area contributed by atoms with E-state index in [1.54, 1.807) is 0 Å². The first-order valence-electron chi connectivity index (χ1n) is 7.56. The van der Waals surface area contributed by atoms with Crippen molar-refractivity contribution in [1.29, 1.82) is 0 Å². The van der Waals surface area contributed by atoms with Crippen LogP contribution in [0.1, 0.15) is 22.6 Å². The molecule has 0 spiro atoms. The molecule has 1 aliphatic heterocycles. The maximum absolute atomic E-state index is 9.34. The van der Waals surface area contributed by atoms with E-state index < -0.39 is 0 Å². The number of H-pyrrole nitrogens is 1. The zero-order valence-corrected chi connectivity index (χ0v) is 12.6. The summed E-state index contributed by atoms with van der Waals surface area (Å²) in [5.41, 5.74) is 5.42. The fraction of sp³-hybridized carbons (Fsp3) is 0.375. The van der Waals surface area contributed by atoms with Crippen molar-refractivity contribution in [2.75, 3.05) is 6.54 Å². The second-order valence-electron chi connectivity index (χ2n) is 5.91. The van der Waals surface area contributed by atoms with Crippen LogP contribution in [0.2, 0.25) is 0 Å². The summed E-state index contributed by atoms with van der Waals surface area (Å²) in [7, 11) is 0. The normalized spacial score (nSPS) is 15.4. The highest BCUT2D eigenvalue weighted by molar-refractivity contribution is 5.83. The van der Waals surface area contributed by atoms with Gasteiger partial charge in [-0.2, -0.15) is 0 Å². The van der Waals surface area contributed by atoms with Gasteiger partial charge in [-0.15, -0.1) is 5.10 Å². The van der Waals surface area contributed by atoms with Crippen molar-refractivity contribution in [2.45, 2.75) is 33.2 Å². The van der Waals surface area contributed by atoms with Crippen LogP contribution in [0.5, 0.6) is 0 Å². The summed E-state index contributed by atoms with van der Waals surface area (Å²) in [6, 6.07) is 8.57. The zero-order valence-electron chi connectivity index (χ0n) is 12.6. The molecule has 0 radical (unpaired) electrons. The van der Waals surface area contributed by atoms with E-state index in [1.165, 1.54) is 22.2 Å². The highest BCUT2D eigenvalue weighted by Gasteiger charge is 2.21. The number of benzene rings is 1. The molecule has 3 aromatic rings. The van der Waals surface area contributed by atoms with E-state index in [0.717, 1.165) is 31.9 Å². The highest BCUT2D eigenvalue weighted by Crippen LogP contribution is 2.22. The number of nitrogens with one attached hydrogen (secondary N) is 1. The predicted octanol–water partition coefficient (Wildman–Crippen LogP) is 1.58. The monoisotopic (exact) mass is 297 g/mol. The van der Waals surface area contributed by atoms with Gasteiger partial charge >= 0.3 is 0 Å². The van der Waals surface area contributed by atoms with Crippen molar-refractivity contribution in [3.63, 3.8) is 0 Å². The molecule has 6 nitrogen and oxygen atoms in total. The van der Waals surface area contributed by atoms with E-state index >= 15 is 0 Å². The van der Waals surface area contributed by atoms with Gasteiger partial charge in [-0.1, -0.05) is 17.3 Å². The molecule has 0 fully saturated rings. The summed E-state index contributed by atoms with van der Waals surface area (Å²) in [6.45, 7) is 5.49. The van der Waals surface area contributed by atoms with Crippen LogP contribution in [0.25, 0.3) is 10.9 Å². The number of nitrogens with zero attached hydrogens (tertiary/aromatic N) is 4. The van der Waals surface area contributed by atoms with E-state index in [-0.39, 0.29) is 6.61 Å². The standard InChI is InChI=1S/C16H19N5O/c1-11-3-2-4-14-13(11)7-12(17-14)8-20-5-6-21-16(9-20)15(10-22)18-19-21/h2-4,7,17,22H,5-6,8-10H2,1H3. The Balaban J connectivity index is 1.57. The van der Waals surface area contributed by atoms with Crippen molar-refractivity contribution in [2.24, 2.45) is 0 Å². The number of hydrogen-bond donors (Lipinski definition) is 2. The Kier molecular flexibility index (Phi) is 3.20. The Labute approximate surface area is 128 Å². The van der Waals surface area contributed by atoms with E-state index in [2.05, 4.69) is 51.4 Å². The molecule has 0 aliphatic carbocycles. The summed E-state index contributed by atoms with van der Waals surface area (Å²) < 4.78 is 1.90. The lowest BCUT2D eigenvalue weighted by Gasteiger charge is -2.26. The third-order valence-electron chi connectivity index (χ3n) is 4.40. The fourth-order valence-electron chi connectivity index (χ4n) is 3.20. The average molecular weight is 297 g/mol. The minimum atomic E-state index is -0.0469. The molecule has 4 rings (SSSR count). The first-order chi connectivity index (χ1) is 10.7. The smallest absolute Gasteiger partial charge is 0.113 e. The van der Waals surface area contributed by atoms with Gasteiger partial charge in [0.25, 0.3) is 0 Å². The van der Waals surface area contributed by atoms with Crippen molar-refractivity contribution >= 4 is 10.9 Å². The SMILES string of the molecule is Cc1cccc2[nH]c(CN3CCn4nnc(CO)c4C3)cc12. The van der Waals surface area contributed by atoms with E-state index in [0.29, 0.717) is 5.69 Å².